The Balaban J connectivity index is 3.35. The summed E-state index contributed by atoms with van der Waals surface area (Å²) in [5.74, 6) is -0.764. The average Bonchev–Trinajstić information content (AvgIpc) is 2.03. The standard InChI is InChI=1S/C5H2BrN3O4/c6-4-2-1-3(8(10)11)5(7-4)9(12)13/h1-2H. The largest absolute Gasteiger partial charge is 0.443 e. The first kappa shape index (κ1) is 9.52. The van der Waals surface area contributed by atoms with E-state index in [1.807, 2.05) is 0 Å². The van der Waals surface area contributed by atoms with Gasteiger partial charge in [0, 0.05) is 28.1 Å². The maximum absolute atomic E-state index is 10.3. The van der Waals surface area contributed by atoms with Crippen molar-refractivity contribution in [1.29, 1.82) is 0 Å². The lowest BCUT2D eigenvalue weighted by Crippen LogP contribution is -1.98. The second kappa shape index (κ2) is 3.44. The summed E-state index contributed by atoms with van der Waals surface area (Å²) in [5, 5.41) is 20.6. The molecule has 0 radical (unpaired) electrons. The molecule has 7 nitrogen and oxygen atoms in total. The molecule has 0 unspecified atom stereocenters. The molecule has 0 saturated carbocycles. The van der Waals surface area contributed by atoms with Crippen molar-refractivity contribution < 1.29 is 9.85 Å². The van der Waals surface area contributed by atoms with E-state index in [2.05, 4.69) is 20.9 Å². The molecule has 1 heterocycles. The van der Waals surface area contributed by atoms with Crippen LogP contribution in [0.3, 0.4) is 0 Å². The van der Waals surface area contributed by atoms with E-state index < -0.39 is 21.4 Å². The van der Waals surface area contributed by atoms with Crippen LogP contribution in [0, 0.1) is 20.2 Å². The fraction of sp³-hybridized carbons (Fsp3) is 0. The van der Waals surface area contributed by atoms with Crippen molar-refractivity contribution in [3.05, 3.63) is 37.0 Å². The van der Waals surface area contributed by atoms with Crippen molar-refractivity contribution in [2.24, 2.45) is 0 Å². The molecule has 1 rings (SSSR count). The van der Waals surface area contributed by atoms with E-state index in [1.165, 1.54) is 6.07 Å². The molecule has 0 aliphatic heterocycles. The van der Waals surface area contributed by atoms with Crippen LogP contribution in [0.2, 0.25) is 0 Å². The van der Waals surface area contributed by atoms with Gasteiger partial charge < -0.3 is 10.1 Å². The highest BCUT2D eigenvalue weighted by atomic mass is 79.9. The van der Waals surface area contributed by atoms with Crippen LogP contribution in [-0.2, 0) is 0 Å². The van der Waals surface area contributed by atoms with Gasteiger partial charge in [-0.25, -0.2) is 0 Å². The summed E-state index contributed by atoms with van der Waals surface area (Å²) in [6.07, 6.45) is 0. The molecule has 0 spiro atoms. The Bertz CT molecular complexity index is 380. The first-order valence-corrected chi connectivity index (χ1v) is 3.77. The average molecular weight is 248 g/mol. The molecule has 0 fully saturated rings. The third kappa shape index (κ3) is 1.96. The number of hydrogen-bond donors (Lipinski definition) is 0. The van der Waals surface area contributed by atoms with Crippen LogP contribution in [0.5, 0.6) is 0 Å². The number of pyridine rings is 1. The first-order chi connectivity index (χ1) is 6.02. The molecule has 0 aliphatic rings. The molecule has 0 amide bonds. The van der Waals surface area contributed by atoms with E-state index in [0.29, 0.717) is 0 Å². The number of nitro groups is 2. The van der Waals surface area contributed by atoms with E-state index >= 15 is 0 Å². The van der Waals surface area contributed by atoms with Crippen molar-refractivity contribution in [2.45, 2.75) is 0 Å². The maximum Gasteiger partial charge on any atom is 0.443 e. The van der Waals surface area contributed by atoms with Gasteiger partial charge in [0.2, 0.25) is 4.60 Å². The second-order valence-corrected chi connectivity index (χ2v) is 2.80. The SMILES string of the molecule is O=[N+]([O-])c1ccc(Br)nc1[N+](=O)[O-]. The lowest BCUT2D eigenvalue weighted by molar-refractivity contribution is -0.425. The zero-order valence-corrected chi connectivity index (χ0v) is 7.59. The topological polar surface area (TPSA) is 99.2 Å². The molecule has 0 aromatic carbocycles. The number of aromatic nitrogens is 1. The van der Waals surface area contributed by atoms with Crippen molar-refractivity contribution in [2.75, 3.05) is 0 Å². The molecular formula is C5H2BrN3O4. The Morgan fingerprint density at radius 2 is 1.85 bits per heavy atom. The van der Waals surface area contributed by atoms with E-state index in [-0.39, 0.29) is 4.60 Å². The maximum atomic E-state index is 10.3. The van der Waals surface area contributed by atoms with Crippen LogP contribution in [0.4, 0.5) is 11.5 Å². The molecule has 0 bridgehead atoms. The van der Waals surface area contributed by atoms with Gasteiger partial charge in [0.25, 0.3) is 0 Å². The van der Waals surface area contributed by atoms with E-state index in [0.717, 1.165) is 6.07 Å². The Kier molecular flexibility index (Phi) is 2.52. The number of halogens is 1. The third-order valence-electron chi connectivity index (χ3n) is 1.19. The Morgan fingerprint density at radius 1 is 1.23 bits per heavy atom. The molecule has 0 N–H and O–H groups in total. The smallest absolute Gasteiger partial charge is 0.358 e. The minimum atomic E-state index is -0.900. The van der Waals surface area contributed by atoms with Gasteiger partial charge in [0.15, 0.2) is 0 Å². The van der Waals surface area contributed by atoms with Crippen molar-refractivity contribution >= 4 is 27.4 Å². The first-order valence-electron chi connectivity index (χ1n) is 2.97. The zero-order chi connectivity index (χ0) is 10.0. The van der Waals surface area contributed by atoms with Crippen LogP contribution in [0.25, 0.3) is 0 Å². The van der Waals surface area contributed by atoms with Gasteiger partial charge in [0.1, 0.15) is 0 Å². The molecule has 1 aromatic heterocycles. The number of hydrogen-bond acceptors (Lipinski definition) is 5. The summed E-state index contributed by atoms with van der Waals surface area (Å²) in [7, 11) is 0. The van der Waals surface area contributed by atoms with Gasteiger partial charge in [-0.3, -0.25) is 10.1 Å². The Hall–Kier alpha value is -1.57. The van der Waals surface area contributed by atoms with Gasteiger partial charge in [-0.2, -0.15) is 0 Å². The summed E-state index contributed by atoms with van der Waals surface area (Å²) in [4.78, 5) is 22.2. The van der Waals surface area contributed by atoms with Gasteiger partial charge in [-0.05, 0) is 9.91 Å². The normalized spacial score (nSPS) is 9.62. The summed E-state index contributed by atoms with van der Waals surface area (Å²) in [6, 6.07) is 2.29. The number of rotatable bonds is 2. The summed E-state index contributed by atoms with van der Waals surface area (Å²) in [5.41, 5.74) is -0.617. The summed E-state index contributed by atoms with van der Waals surface area (Å²) >= 11 is 2.88. The highest BCUT2D eigenvalue weighted by Crippen LogP contribution is 2.25. The van der Waals surface area contributed by atoms with Crippen LogP contribution in [0.15, 0.2) is 16.7 Å². The van der Waals surface area contributed by atoms with Crippen LogP contribution in [-0.4, -0.2) is 14.8 Å². The highest BCUT2D eigenvalue weighted by molar-refractivity contribution is 9.10. The van der Waals surface area contributed by atoms with Gasteiger partial charge in [-0.1, -0.05) is 0 Å². The summed E-state index contributed by atoms with van der Waals surface area (Å²) < 4.78 is 0.185. The second-order valence-electron chi connectivity index (χ2n) is 1.99. The van der Waals surface area contributed by atoms with Crippen molar-refractivity contribution in [1.82, 2.24) is 4.98 Å². The number of nitrogens with zero attached hydrogens (tertiary/aromatic N) is 3. The lowest BCUT2D eigenvalue weighted by Gasteiger charge is -1.93. The van der Waals surface area contributed by atoms with Gasteiger partial charge in [-0.15, -0.1) is 0 Å². The highest BCUT2D eigenvalue weighted by Gasteiger charge is 2.25. The quantitative estimate of drug-likeness (QED) is 0.450. The molecule has 0 saturated heterocycles. The Morgan fingerprint density at radius 3 is 2.31 bits per heavy atom. The fourth-order valence-electron chi connectivity index (χ4n) is 0.695. The molecular weight excluding hydrogens is 246 g/mol. The van der Waals surface area contributed by atoms with E-state index in [1.54, 1.807) is 0 Å². The lowest BCUT2D eigenvalue weighted by atomic mass is 10.4. The Labute approximate surface area is 79.8 Å². The minimum Gasteiger partial charge on any atom is -0.358 e. The zero-order valence-electron chi connectivity index (χ0n) is 6.01. The van der Waals surface area contributed by atoms with E-state index in [9.17, 15) is 20.2 Å². The van der Waals surface area contributed by atoms with Crippen LogP contribution in [0.1, 0.15) is 0 Å². The molecule has 1 aromatic rings. The van der Waals surface area contributed by atoms with Gasteiger partial charge >= 0.3 is 11.5 Å². The monoisotopic (exact) mass is 247 g/mol. The predicted molar refractivity (Wildman–Crippen MR) is 45.2 cm³/mol. The summed E-state index contributed by atoms with van der Waals surface area (Å²) in [6.45, 7) is 0. The minimum absolute atomic E-state index is 0.185. The molecule has 0 aliphatic carbocycles. The molecule has 68 valence electrons. The predicted octanol–water partition coefficient (Wildman–Crippen LogP) is 1.66. The van der Waals surface area contributed by atoms with Gasteiger partial charge in [0.05, 0.1) is 4.92 Å². The van der Waals surface area contributed by atoms with Crippen molar-refractivity contribution in [3.63, 3.8) is 0 Å². The van der Waals surface area contributed by atoms with E-state index in [4.69, 9.17) is 0 Å². The van der Waals surface area contributed by atoms with Crippen LogP contribution < -0.4 is 0 Å². The molecule has 13 heavy (non-hydrogen) atoms. The molecule has 8 heteroatoms. The van der Waals surface area contributed by atoms with Crippen molar-refractivity contribution in [3.8, 4) is 0 Å². The molecule has 0 atom stereocenters. The fourth-order valence-corrected chi connectivity index (χ4v) is 0.995. The van der Waals surface area contributed by atoms with Crippen LogP contribution >= 0.6 is 15.9 Å². The third-order valence-corrected chi connectivity index (χ3v) is 1.63.